The van der Waals surface area contributed by atoms with Crippen LogP contribution in [0.2, 0.25) is 0 Å². The van der Waals surface area contributed by atoms with E-state index in [1.165, 1.54) is 20.9 Å². The van der Waals surface area contributed by atoms with E-state index in [4.69, 9.17) is 5.11 Å². The standard InChI is InChI=1S/C8H15NO5S/c1-4-6(8(11)12)15(13,14)5(2)7(10)9-3/h5-6H,4H2,1-3H3,(H,9,10)(H,11,12). The highest BCUT2D eigenvalue weighted by Crippen LogP contribution is 2.13. The van der Waals surface area contributed by atoms with Crippen LogP contribution in [0.1, 0.15) is 20.3 Å². The third kappa shape index (κ3) is 2.92. The van der Waals surface area contributed by atoms with E-state index in [-0.39, 0.29) is 6.42 Å². The predicted molar refractivity (Wildman–Crippen MR) is 54.2 cm³/mol. The number of carbonyl (C=O) groups excluding carboxylic acids is 1. The summed E-state index contributed by atoms with van der Waals surface area (Å²) in [6, 6.07) is 0. The molecule has 0 radical (unpaired) electrons. The molecule has 0 aromatic rings. The molecule has 0 saturated heterocycles. The van der Waals surface area contributed by atoms with Crippen LogP contribution in [0.25, 0.3) is 0 Å². The van der Waals surface area contributed by atoms with E-state index in [0.29, 0.717) is 0 Å². The van der Waals surface area contributed by atoms with Gasteiger partial charge < -0.3 is 10.4 Å². The first kappa shape index (κ1) is 13.9. The smallest absolute Gasteiger partial charge is 0.321 e. The zero-order valence-corrected chi connectivity index (χ0v) is 9.67. The van der Waals surface area contributed by atoms with Crippen LogP contribution in [0.5, 0.6) is 0 Å². The Hall–Kier alpha value is -1.11. The van der Waals surface area contributed by atoms with Crippen LogP contribution in [-0.4, -0.2) is 42.9 Å². The number of sulfone groups is 1. The molecule has 2 N–H and O–H groups in total. The number of hydrogen-bond acceptors (Lipinski definition) is 4. The summed E-state index contributed by atoms with van der Waals surface area (Å²) < 4.78 is 23.3. The van der Waals surface area contributed by atoms with Gasteiger partial charge in [0.2, 0.25) is 5.91 Å². The molecule has 7 heteroatoms. The maximum absolute atomic E-state index is 11.7. The molecule has 0 aliphatic carbocycles. The maximum atomic E-state index is 11.7. The molecule has 2 unspecified atom stereocenters. The molecule has 2 atom stereocenters. The molecule has 0 heterocycles. The molecular weight excluding hydrogens is 222 g/mol. The fourth-order valence-corrected chi connectivity index (χ4v) is 2.80. The van der Waals surface area contributed by atoms with Crippen molar-refractivity contribution in [1.29, 1.82) is 0 Å². The normalized spacial score (nSPS) is 15.4. The van der Waals surface area contributed by atoms with Gasteiger partial charge in [-0.15, -0.1) is 0 Å². The second-order valence-electron chi connectivity index (χ2n) is 3.08. The van der Waals surface area contributed by atoms with Gasteiger partial charge in [-0.1, -0.05) is 6.92 Å². The second kappa shape index (κ2) is 5.11. The summed E-state index contributed by atoms with van der Waals surface area (Å²) in [6.45, 7) is 2.63. The average molecular weight is 237 g/mol. The van der Waals surface area contributed by atoms with Crippen LogP contribution < -0.4 is 5.32 Å². The molecular formula is C8H15NO5S. The molecule has 0 bridgehead atoms. The Morgan fingerprint density at radius 3 is 2.13 bits per heavy atom. The largest absolute Gasteiger partial charge is 0.480 e. The van der Waals surface area contributed by atoms with Crippen LogP contribution in [0, 0.1) is 0 Å². The van der Waals surface area contributed by atoms with E-state index in [0.717, 1.165) is 0 Å². The lowest BCUT2D eigenvalue weighted by Gasteiger charge is -2.16. The van der Waals surface area contributed by atoms with Crippen molar-refractivity contribution in [3.05, 3.63) is 0 Å². The summed E-state index contributed by atoms with van der Waals surface area (Å²) in [5, 5.41) is 8.01. The molecule has 15 heavy (non-hydrogen) atoms. The van der Waals surface area contributed by atoms with Gasteiger partial charge >= 0.3 is 5.97 Å². The first-order valence-electron chi connectivity index (χ1n) is 4.46. The van der Waals surface area contributed by atoms with Gasteiger partial charge in [-0.05, 0) is 13.3 Å². The fraction of sp³-hybridized carbons (Fsp3) is 0.750. The molecule has 0 rings (SSSR count). The fourth-order valence-electron chi connectivity index (χ4n) is 1.15. The van der Waals surface area contributed by atoms with Crippen LogP contribution in [0.4, 0.5) is 0 Å². The first-order valence-corrected chi connectivity index (χ1v) is 6.07. The van der Waals surface area contributed by atoms with E-state index >= 15 is 0 Å². The van der Waals surface area contributed by atoms with E-state index in [1.54, 1.807) is 0 Å². The highest BCUT2D eigenvalue weighted by molar-refractivity contribution is 7.94. The quantitative estimate of drug-likeness (QED) is 0.665. The van der Waals surface area contributed by atoms with Gasteiger partial charge in [0.15, 0.2) is 15.1 Å². The summed E-state index contributed by atoms with van der Waals surface area (Å²) >= 11 is 0. The predicted octanol–water partition coefficient (Wildman–Crippen LogP) is -0.601. The summed E-state index contributed by atoms with van der Waals surface area (Å²) in [6.07, 6.45) is -0.0565. The van der Waals surface area contributed by atoms with Gasteiger partial charge in [0.25, 0.3) is 0 Å². The zero-order chi connectivity index (χ0) is 12.2. The summed E-state index contributed by atoms with van der Waals surface area (Å²) in [7, 11) is -2.67. The highest BCUT2D eigenvalue weighted by atomic mass is 32.2. The number of carboxylic acid groups (broad SMARTS) is 1. The number of nitrogens with one attached hydrogen (secondary N) is 1. The molecule has 0 saturated carbocycles. The van der Waals surface area contributed by atoms with Gasteiger partial charge in [0.05, 0.1) is 0 Å². The van der Waals surface area contributed by atoms with Crippen molar-refractivity contribution in [3.8, 4) is 0 Å². The molecule has 0 spiro atoms. The first-order chi connectivity index (χ1) is 6.78. The van der Waals surface area contributed by atoms with Crippen molar-refractivity contribution in [1.82, 2.24) is 5.32 Å². The van der Waals surface area contributed by atoms with E-state index < -0.39 is 32.2 Å². The molecule has 0 aromatic carbocycles. The molecule has 88 valence electrons. The number of aliphatic carboxylic acids is 1. The number of carbonyl (C=O) groups is 2. The van der Waals surface area contributed by atoms with Crippen molar-refractivity contribution in [2.24, 2.45) is 0 Å². The van der Waals surface area contributed by atoms with Gasteiger partial charge in [-0.25, -0.2) is 8.42 Å². The van der Waals surface area contributed by atoms with Crippen LogP contribution in [0.3, 0.4) is 0 Å². The van der Waals surface area contributed by atoms with Crippen molar-refractivity contribution in [2.45, 2.75) is 30.8 Å². The topological polar surface area (TPSA) is 101 Å². The Morgan fingerprint density at radius 1 is 1.40 bits per heavy atom. The Kier molecular flexibility index (Phi) is 4.73. The minimum absolute atomic E-state index is 0.0565. The number of hydrogen-bond donors (Lipinski definition) is 2. The minimum Gasteiger partial charge on any atom is -0.480 e. The van der Waals surface area contributed by atoms with Crippen molar-refractivity contribution >= 4 is 21.7 Å². The lowest BCUT2D eigenvalue weighted by atomic mass is 10.3. The second-order valence-corrected chi connectivity index (χ2v) is 5.53. The van der Waals surface area contributed by atoms with E-state index in [2.05, 4.69) is 5.32 Å². The SMILES string of the molecule is CCC(C(=O)O)S(=O)(=O)C(C)C(=O)NC. The van der Waals surface area contributed by atoms with Gasteiger partial charge in [-0.2, -0.15) is 0 Å². The minimum atomic E-state index is -3.97. The average Bonchev–Trinajstić information content (AvgIpc) is 2.15. The number of rotatable bonds is 5. The Bertz CT molecular complexity index is 348. The highest BCUT2D eigenvalue weighted by Gasteiger charge is 2.38. The Balaban J connectivity index is 5.12. The van der Waals surface area contributed by atoms with Gasteiger partial charge in [0, 0.05) is 7.05 Å². The van der Waals surface area contributed by atoms with Gasteiger partial charge in [0.1, 0.15) is 5.25 Å². The van der Waals surface area contributed by atoms with Crippen molar-refractivity contribution in [3.63, 3.8) is 0 Å². The molecule has 0 aliphatic heterocycles. The lowest BCUT2D eigenvalue weighted by Crippen LogP contribution is -2.43. The third-order valence-electron chi connectivity index (χ3n) is 2.15. The lowest BCUT2D eigenvalue weighted by molar-refractivity contribution is -0.136. The summed E-state index contributed by atoms with van der Waals surface area (Å²) in [4.78, 5) is 21.8. The molecule has 1 amide bonds. The summed E-state index contributed by atoms with van der Waals surface area (Å²) in [5.41, 5.74) is 0. The molecule has 0 fully saturated rings. The van der Waals surface area contributed by atoms with Crippen molar-refractivity contribution < 1.29 is 23.1 Å². The van der Waals surface area contributed by atoms with Crippen LogP contribution >= 0.6 is 0 Å². The van der Waals surface area contributed by atoms with Crippen LogP contribution in [-0.2, 0) is 19.4 Å². The number of carboxylic acids is 1. The van der Waals surface area contributed by atoms with Crippen molar-refractivity contribution in [2.75, 3.05) is 7.05 Å². The zero-order valence-electron chi connectivity index (χ0n) is 8.85. The summed E-state index contributed by atoms with van der Waals surface area (Å²) in [5.74, 6) is -2.12. The van der Waals surface area contributed by atoms with Crippen LogP contribution in [0.15, 0.2) is 0 Å². The molecule has 0 aromatic heterocycles. The molecule has 6 nitrogen and oxygen atoms in total. The monoisotopic (exact) mass is 237 g/mol. The van der Waals surface area contributed by atoms with E-state index in [1.807, 2.05) is 0 Å². The maximum Gasteiger partial charge on any atom is 0.321 e. The van der Waals surface area contributed by atoms with Gasteiger partial charge in [-0.3, -0.25) is 9.59 Å². The number of amides is 1. The molecule has 0 aliphatic rings. The Morgan fingerprint density at radius 2 is 1.87 bits per heavy atom. The Labute approximate surface area is 88.6 Å². The van der Waals surface area contributed by atoms with E-state index in [9.17, 15) is 18.0 Å². The third-order valence-corrected chi connectivity index (χ3v) is 4.68.